The monoisotopic (exact) mass is 384 g/mol. The Labute approximate surface area is 163 Å². The molecule has 1 N–H and O–H groups in total. The van der Waals surface area contributed by atoms with Crippen LogP contribution in [0.25, 0.3) is 11.4 Å². The first-order valence-corrected chi connectivity index (χ1v) is 9.72. The molecule has 0 spiro atoms. The van der Waals surface area contributed by atoms with Crippen molar-refractivity contribution in [2.24, 2.45) is 7.05 Å². The summed E-state index contributed by atoms with van der Waals surface area (Å²) in [5.41, 5.74) is 2.18. The molecule has 2 heterocycles. The Morgan fingerprint density at radius 1 is 1.19 bits per heavy atom. The van der Waals surface area contributed by atoms with Gasteiger partial charge >= 0.3 is 0 Å². The molecule has 0 aliphatic heterocycles. The Hall–Kier alpha value is -2.61. The summed E-state index contributed by atoms with van der Waals surface area (Å²) in [5.74, 6) is 1.38. The van der Waals surface area contributed by atoms with Gasteiger partial charge in [0.15, 0.2) is 11.0 Å². The van der Waals surface area contributed by atoms with Crippen LogP contribution in [0.3, 0.4) is 0 Å². The molecule has 0 fully saturated rings. The van der Waals surface area contributed by atoms with E-state index in [0.717, 1.165) is 11.4 Å². The first kappa shape index (κ1) is 19.2. The molecule has 3 aromatic rings. The fourth-order valence-electron chi connectivity index (χ4n) is 2.72. The summed E-state index contributed by atoms with van der Waals surface area (Å²) in [7, 11) is 1.92. The Kier molecular flexibility index (Phi) is 5.65. The Balaban J connectivity index is 1.72. The molecule has 0 bridgehead atoms. The summed E-state index contributed by atoms with van der Waals surface area (Å²) < 4.78 is 3.70. The highest BCUT2D eigenvalue weighted by atomic mass is 32.2. The maximum Gasteiger partial charge on any atom is 0.238 e. The number of hydrogen-bond donors (Lipinski definition) is 1. The molecule has 0 aliphatic carbocycles. The van der Waals surface area contributed by atoms with E-state index in [0.29, 0.717) is 11.0 Å². The van der Waals surface area contributed by atoms with E-state index in [2.05, 4.69) is 26.7 Å². The number of aryl methyl sites for hydroxylation is 1. The minimum absolute atomic E-state index is 0.0949. The fourth-order valence-corrected chi connectivity index (χ4v) is 3.53. The van der Waals surface area contributed by atoms with Gasteiger partial charge in [0.05, 0.1) is 11.4 Å². The molecule has 0 aliphatic rings. The van der Waals surface area contributed by atoms with Crippen molar-refractivity contribution in [1.82, 2.24) is 24.5 Å². The van der Waals surface area contributed by atoms with Crippen LogP contribution in [0.15, 0.2) is 41.7 Å². The number of carbonyl (C=O) groups is 1. The average Bonchev–Trinajstić information content (AvgIpc) is 3.22. The number of rotatable bonds is 6. The molecule has 1 atom stereocenters. The molecular formula is C19H24N6OS. The van der Waals surface area contributed by atoms with Gasteiger partial charge in [0.1, 0.15) is 5.82 Å². The molecule has 0 saturated heterocycles. The smallest absolute Gasteiger partial charge is 0.238 e. The van der Waals surface area contributed by atoms with Crippen molar-refractivity contribution in [3.05, 3.63) is 42.1 Å². The van der Waals surface area contributed by atoms with E-state index >= 15 is 0 Å². The lowest BCUT2D eigenvalue weighted by molar-refractivity contribution is -0.115. The first-order valence-electron chi connectivity index (χ1n) is 8.84. The third kappa shape index (κ3) is 4.21. The van der Waals surface area contributed by atoms with Gasteiger partial charge in [0.25, 0.3) is 0 Å². The summed E-state index contributed by atoms with van der Waals surface area (Å²) in [4.78, 5) is 12.6. The highest BCUT2D eigenvalue weighted by molar-refractivity contribution is 8.00. The van der Waals surface area contributed by atoms with E-state index in [1.807, 2.05) is 57.5 Å². The molecule has 7 nitrogen and oxygen atoms in total. The topological polar surface area (TPSA) is 77.6 Å². The number of anilines is 1. The van der Waals surface area contributed by atoms with Crippen molar-refractivity contribution >= 4 is 23.5 Å². The lowest BCUT2D eigenvalue weighted by Crippen LogP contribution is -2.25. The molecule has 1 aromatic carbocycles. The summed E-state index contributed by atoms with van der Waals surface area (Å²) in [6, 6.07) is 10.1. The highest BCUT2D eigenvalue weighted by Crippen LogP contribution is 2.26. The van der Waals surface area contributed by atoms with Gasteiger partial charge in [-0.25, -0.2) is 4.68 Å². The predicted octanol–water partition coefficient (Wildman–Crippen LogP) is 3.69. The maximum atomic E-state index is 12.6. The Bertz CT molecular complexity index is 945. The lowest BCUT2D eigenvalue weighted by atomic mass is 10.1. The van der Waals surface area contributed by atoms with E-state index in [-0.39, 0.29) is 17.2 Å². The number of carbonyl (C=O) groups excluding carboxylic acids is 1. The number of nitrogens with zero attached hydrogens (tertiary/aromatic N) is 5. The fraction of sp³-hybridized carbons (Fsp3) is 0.368. The zero-order chi connectivity index (χ0) is 19.6. The number of thioether (sulfide) groups is 1. The standard InChI is InChI=1S/C19H24N6OS/c1-12(2)25-16(9-10-20-25)21-18(26)14(4)27-19-23-22-17(24(19)5)15-8-6-7-13(3)11-15/h6-12,14H,1-5H3,(H,21,26). The zero-order valence-corrected chi connectivity index (χ0v) is 17.0. The van der Waals surface area contributed by atoms with Gasteiger partial charge in [0, 0.05) is 24.7 Å². The van der Waals surface area contributed by atoms with Crippen molar-refractivity contribution in [3.8, 4) is 11.4 Å². The third-order valence-corrected chi connectivity index (χ3v) is 5.31. The molecule has 1 amide bonds. The van der Waals surface area contributed by atoms with Gasteiger partial charge in [-0.1, -0.05) is 35.5 Å². The van der Waals surface area contributed by atoms with Crippen molar-refractivity contribution in [2.45, 2.75) is 44.1 Å². The van der Waals surface area contributed by atoms with Crippen LogP contribution in [0.4, 0.5) is 5.82 Å². The highest BCUT2D eigenvalue weighted by Gasteiger charge is 2.21. The second-order valence-electron chi connectivity index (χ2n) is 6.74. The maximum absolute atomic E-state index is 12.6. The second-order valence-corrected chi connectivity index (χ2v) is 8.05. The molecule has 27 heavy (non-hydrogen) atoms. The number of aromatic nitrogens is 5. The number of nitrogens with one attached hydrogen (secondary N) is 1. The normalized spacial score (nSPS) is 12.4. The van der Waals surface area contributed by atoms with Crippen molar-refractivity contribution in [2.75, 3.05) is 5.32 Å². The van der Waals surface area contributed by atoms with E-state index in [4.69, 9.17) is 0 Å². The SMILES string of the molecule is Cc1cccc(-c2nnc(SC(C)C(=O)Nc3ccnn3C(C)C)n2C)c1. The molecule has 142 valence electrons. The van der Waals surface area contributed by atoms with Crippen LogP contribution in [0.2, 0.25) is 0 Å². The van der Waals surface area contributed by atoms with E-state index in [9.17, 15) is 4.79 Å². The van der Waals surface area contributed by atoms with Crippen LogP contribution >= 0.6 is 11.8 Å². The van der Waals surface area contributed by atoms with Gasteiger partial charge in [0.2, 0.25) is 5.91 Å². The van der Waals surface area contributed by atoms with Crippen LogP contribution < -0.4 is 5.32 Å². The van der Waals surface area contributed by atoms with Gasteiger partial charge in [-0.3, -0.25) is 4.79 Å². The van der Waals surface area contributed by atoms with Crippen LogP contribution in [0, 0.1) is 6.92 Å². The van der Waals surface area contributed by atoms with Crippen molar-refractivity contribution < 1.29 is 4.79 Å². The van der Waals surface area contributed by atoms with Gasteiger partial charge in [-0.05, 0) is 33.8 Å². The number of amides is 1. The molecule has 0 saturated carbocycles. The van der Waals surface area contributed by atoms with Crippen LogP contribution in [0.5, 0.6) is 0 Å². The molecule has 0 radical (unpaired) electrons. The number of hydrogen-bond acceptors (Lipinski definition) is 5. The largest absolute Gasteiger partial charge is 0.310 e. The summed E-state index contributed by atoms with van der Waals surface area (Å²) in [6.07, 6.45) is 1.68. The van der Waals surface area contributed by atoms with Crippen LogP contribution in [-0.4, -0.2) is 35.7 Å². The van der Waals surface area contributed by atoms with Crippen molar-refractivity contribution in [3.63, 3.8) is 0 Å². The van der Waals surface area contributed by atoms with E-state index in [1.54, 1.807) is 16.9 Å². The summed E-state index contributed by atoms with van der Waals surface area (Å²) >= 11 is 1.38. The van der Waals surface area contributed by atoms with Crippen LogP contribution in [-0.2, 0) is 11.8 Å². The molecule has 3 rings (SSSR count). The summed E-state index contributed by atoms with van der Waals surface area (Å²) in [6.45, 7) is 7.95. The zero-order valence-electron chi connectivity index (χ0n) is 16.2. The second kappa shape index (κ2) is 7.96. The van der Waals surface area contributed by atoms with Gasteiger partial charge < -0.3 is 9.88 Å². The summed E-state index contributed by atoms with van der Waals surface area (Å²) in [5, 5.41) is 16.1. The van der Waals surface area contributed by atoms with Gasteiger partial charge in [-0.15, -0.1) is 10.2 Å². The van der Waals surface area contributed by atoms with Gasteiger partial charge in [-0.2, -0.15) is 5.10 Å². The third-order valence-electron chi connectivity index (χ3n) is 4.17. The lowest BCUT2D eigenvalue weighted by Gasteiger charge is -2.14. The molecule has 1 unspecified atom stereocenters. The Morgan fingerprint density at radius 2 is 1.96 bits per heavy atom. The molecule has 2 aromatic heterocycles. The predicted molar refractivity (Wildman–Crippen MR) is 108 cm³/mol. The van der Waals surface area contributed by atoms with E-state index in [1.165, 1.54) is 17.3 Å². The minimum atomic E-state index is -0.325. The average molecular weight is 385 g/mol. The number of benzene rings is 1. The minimum Gasteiger partial charge on any atom is -0.310 e. The van der Waals surface area contributed by atoms with E-state index < -0.39 is 0 Å². The molecule has 8 heteroatoms. The first-order chi connectivity index (χ1) is 12.9. The Morgan fingerprint density at radius 3 is 2.67 bits per heavy atom. The van der Waals surface area contributed by atoms with Crippen molar-refractivity contribution in [1.29, 1.82) is 0 Å². The quantitative estimate of drug-likeness (QED) is 0.656. The molecular weight excluding hydrogens is 360 g/mol. The van der Waals surface area contributed by atoms with Crippen LogP contribution in [0.1, 0.15) is 32.4 Å².